The molecule has 0 spiro atoms. The molecule has 1 heterocycles. The molecule has 0 radical (unpaired) electrons. The van der Waals surface area contributed by atoms with Crippen LogP contribution >= 0.6 is 0 Å². The van der Waals surface area contributed by atoms with Crippen molar-refractivity contribution in [3.05, 3.63) is 54.1 Å². The first-order valence-electron chi connectivity index (χ1n) is 8.74. The summed E-state index contributed by atoms with van der Waals surface area (Å²) >= 11 is 0. The van der Waals surface area contributed by atoms with Gasteiger partial charge in [0.2, 0.25) is 0 Å². The molecule has 0 aromatic heterocycles. The number of rotatable bonds is 4. The number of Topliss-reactive ketones (excluding diaryl/α,β-unsaturated/α-hetero) is 1. The highest BCUT2D eigenvalue weighted by Crippen LogP contribution is 2.19. The Labute approximate surface area is 153 Å². The quantitative estimate of drug-likeness (QED) is 0.829. The number of nitrogens with one attached hydrogen (secondary N) is 2. The van der Waals surface area contributed by atoms with Gasteiger partial charge in [0.1, 0.15) is 0 Å². The third-order valence-corrected chi connectivity index (χ3v) is 4.54. The first-order chi connectivity index (χ1) is 12.5. The predicted molar refractivity (Wildman–Crippen MR) is 105 cm³/mol. The fourth-order valence-electron chi connectivity index (χ4n) is 2.90. The highest BCUT2D eigenvalue weighted by molar-refractivity contribution is 6.00. The molecule has 6 nitrogen and oxygen atoms in total. The van der Waals surface area contributed by atoms with Gasteiger partial charge in [-0.1, -0.05) is 0 Å². The number of amides is 2. The van der Waals surface area contributed by atoms with E-state index in [1.165, 1.54) is 12.6 Å². The van der Waals surface area contributed by atoms with Crippen molar-refractivity contribution in [2.45, 2.75) is 6.92 Å². The summed E-state index contributed by atoms with van der Waals surface area (Å²) in [5.74, 6) is 0.00133. The number of urea groups is 1. The zero-order valence-electron chi connectivity index (χ0n) is 15.2. The van der Waals surface area contributed by atoms with Gasteiger partial charge in [0, 0.05) is 48.8 Å². The number of carbonyl (C=O) groups excluding carboxylic acids is 2. The van der Waals surface area contributed by atoms with Crippen LogP contribution in [0.25, 0.3) is 0 Å². The number of benzene rings is 2. The molecule has 1 saturated heterocycles. The molecular weight excluding hydrogens is 328 g/mol. The van der Waals surface area contributed by atoms with Crippen molar-refractivity contribution in [3.8, 4) is 0 Å². The molecule has 26 heavy (non-hydrogen) atoms. The van der Waals surface area contributed by atoms with Crippen LogP contribution in [0.2, 0.25) is 0 Å². The van der Waals surface area contributed by atoms with Crippen LogP contribution < -0.4 is 15.5 Å². The van der Waals surface area contributed by atoms with E-state index >= 15 is 0 Å². The van der Waals surface area contributed by atoms with Crippen LogP contribution in [0.15, 0.2) is 48.5 Å². The molecule has 2 aromatic rings. The Kier molecular flexibility index (Phi) is 5.53. The monoisotopic (exact) mass is 352 g/mol. The normalized spacial score (nSPS) is 14.8. The molecule has 1 aliphatic heterocycles. The van der Waals surface area contributed by atoms with Crippen LogP contribution in [-0.4, -0.2) is 49.9 Å². The molecule has 3 rings (SSSR count). The predicted octanol–water partition coefficient (Wildman–Crippen LogP) is 3.29. The standard InChI is InChI=1S/C20H24N4O2/c1-15(25)16-3-5-17(6-4-16)21-20(26)22-18-7-9-19(10-8-18)24-13-11-23(2)12-14-24/h3-10H,11-14H2,1-2H3,(H2,21,22,26). The summed E-state index contributed by atoms with van der Waals surface area (Å²) in [4.78, 5) is 28.1. The second-order valence-electron chi connectivity index (χ2n) is 6.55. The highest BCUT2D eigenvalue weighted by Gasteiger charge is 2.14. The Morgan fingerprint density at radius 3 is 1.81 bits per heavy atom. The van der Waals surface area contributed by atoms with Crippen molar-refractivity contribution in [1.82, 2.24) is 4.90 Å². The maximum atomic E-state index is 12.1. The van der Waals surface area contributed by atoms with Crippen LogP contribution in [0.4, 0.5) is 21.9 Å². The van der Waals surface area contributed by atoms with Gasteiger partial charge < -0.3 is 20.4 Å². The van der Waals surface area contributed by atoms with E-state index in [1.807, 2.05) is 24.3 Å². The molecule has 2 amide bonds. The molecule has 0 unspecified atom stereocenters. The number of hydrogen-bond donors (Lipinski definition) is 2. The minimum atomic E-state index is -0.312. The largest absolute Gasteiger partial charge is 0.369 e. The van der Waals surface area contributed by atoms with Crippen molar-refractivity contribution in [2.24, 2.45) is 0 Å². The van der Waals surface area contributed by atoms with E-state index in [2.05, 4.69) is 27.5 Å². The average Bonchev–Trinajstić information content (AvgIpc) is 2.63. The Bertz CT molecular complexity index is 763. The average molecular weight is 352 g/mol. The van der Waals surface area contributed by atoms with E-state index in [0.717, 1.165) is 31.9 Å². The van der Waals surface area contributed by atoms with Gasteiger partial charge in [-0.25, -0.2) is 4.79 Å². The third-order valence-electron chi connectivity index (χ3n) is 4.54. The van der Waals surface area contributed by atoms with Gasteiger partial charge in [-0.3, -0.25) is 4.79 Å². The highest BCUT2D eigenvalue weighted by atomic mass is 16.2. The lowest BCUT2D eigenvalue weighted by Gasteiger charge is -2.34. The Balaban J connectivity index is 1.55. The molecule has 1 aliphatic rings. The van der Waals surface area contributed by atoms with Crippen molar-refractivity contribution in [1.29, 1.82) is 0 Å². The molecule has 6 heteroatoms. The second kappa shape index (κ2) is 8.01. The molecule has 136 valence electrons. The summed E-state index contributed by atoms with van der Waals surface area (Å²) in [7, 11) is 2.14. The first kappa shape index (κ1) is 17.9. The van der Waals surface area contributed by atoms with Gasteiger partial charge in [0.05, 0.1) is 0 Å². The fraction of sp³-hybridized carbons (Fsp3) is 0.300. The van der Waals surface area contributed by atoms with E-state index in [-0.39, 0.29) is 11.8 Å². The van der Waals surface area contributed by atoms with Crippen molar-refractivity contribution in [2.75, 3.05) is 48.8 Å². The van der Waals surface area contributed by atoms with Crippen molar-refractivity contribution < 1.29 is 9.59 Å². The summed E-state index contributed by atoms with van der Waals surface area (Å²) in [5, 5.41) is 5.58. The maximum Gasteiger partial charge on any atom is 0.323 e. The smallest absolute Gasteiger partial charge is 0.323 e. The lowest BCUT2D eigenvalue weighted by atomic mass is 10.1. The zero-order valence-corrected chi connectivity index (χ0v) is 15.2. The van der Waals surface area contributed by atoms with Gasteiger partial charge in [0.25, 0.3) is 0 Å². The topological polar surface area (TPSA) is 64.7 Å². The molecule has 0 saturated carbocycles. The number of nitrogens with zero attached hydrogens (tertiary/aromatic N) is 2. The molecule has 0 atom stereocenters. The van der Waals surface area contributed by atoms with Crippen LogP contribution in [0.1, 0.15) is 17.3 Å². The first-order valence-corrected chi connectivity index (χ1v) is 8.74. The number of piperazine rings is 1. The Morgan fingerprint density at radius 1 is 0.808 bits per heavy atom. The summed E-state index contributed by atoms with van der Waals surface area (Å²) in [6.07, 6.45) is 0. The summed E-state index contributed by atoms with van der Waals surface area (Å²) < 4.78 is 0. The van der Waals surface area contributed by atoms with Gasteiger partial charge in [-0.15, -0.1) is 0 Å². The van der Waals surface area contributed by atoms with Crippen LogP contribution in [0, 0.1) is 0 Å². The molecule has 2 N–H and O–H groups in total. The lowest BCUT2D eigenvalue weighted by Crippen LogP contribution is -2.44. The number of likely N-dealkylation sites (N-methyl/N-ethyl adjacent to an activating group) is 1. The number of hydrogen-bond acceptors (Lipinski definition) is 4. The SMILES string of the molecule is CC(=O)c1ccc(NC(=O)Nc2ccc(N3CCN(C)CC3)cc2)cc1. The van der Waals surface area contributed by atoms with E-state index < -0.39 is 0 Å². The number of anilines is 3. The molecule has 0 aliphatic carbocycles. The van der Waals surface area contributed by atoms with Crippen molar-refractivity contribution >= 4 is 28.9 Å². The minimum absolute atomic E-state index is 0.00133. The van der Waals surface area contributed by atoms with Crippen molar-refractivity contribution in [3.63, 3.8) is 0 Å². The fourth-order valence-corrected chi connectivity index (χ4v) is 2.90. The molecule has 1 fully saturated rings. The third kappa shape index (κ3) is 4.61. The van der Waals surface area contributed by atoms with Gasteiger partial charge in [0.15, 0.2) is 5.78 Å². The number of carbonyl (C=O) groups is 2. The Morgan fingerprint density at radius 2 is 1.31 bits per heavy atom. The summed E-state index contributed by atoms with van der Waals surface area (Å²) in [6, 6.07) is 14.4. The van der Waals surface area contributed by atoms with Gasteiger partial charge >= 0.3 is 6.03 Å². The van der Waals surface area contributed by atoms with Crippen LogP contribution in [-0.2, 0) is 0 Å². The summed E-state index contributed by atoms with van der Waals surface area (Å²) in [6.45, 7) is 5.66. The van der Waals surface area contributed by atoms with E-state index in [9.17, 15) is 9.59 Å². The van der Waals surface area contributed by atoms with E-state index in [0.29, 0.717) is 11.3 Å². The van der Waals surface area contributed by atoms with Crippen LogP contribution in [0.3, 0.4) is 0 Å². The molecule has 0 bridgehead atoms. The van der Waals surface area contributed by atoms with Gasteiger partial charge in [-0.05, 0) is 62.5 Å². The Hall–Kier alpha value is -2.86. The van der Waals surface area contributed by atoms with Crippen LogP contribution in [0.5, 0.6) is 0 Å². The zero-order chi connectivity index (χ0) is 18.5. The summed E-state index contributed by atoms with van der Waals surface area (Å²) in [5.41, 5.74) is 3.17. The van der Waals surface area contributed by atoms with E-state index in [4.69, 9.17) is 0 Å². The second-order valence-corrected chi connectivity index (χ2v) is 6.55. The molecule has 2 aromatic carbocycles. The van der Waals surface area contributed by atoms with E-state index in [1.54, 1.807) is 24.3 Å². The minimum Gasteiger partial charge on any atom is -0.369 e. The molecular formula is C20H24N4O2. The maximum absolute atomic E-state index is 12.1. The lowest BCUT2D eigenvalue weighted by molar-refractivity contribution is 0.101. The van der Waals surface area contributed by atoms with Gasteiger partial charge in [-0.2, -0.15) is 0 Å². The number of ketones is 1.